The molecule has 0 aromatic heterocycles. The van der Waals surface area contributed by atoms with Crippen molar-refractivity contribution in [2.45, 2.75) is 6.10 Å². The second-order valence-electron chi connectivity index (χ2n) is 5.19. The van der Waals surface area contributed by atoms with Gasteiger partial charge in [-0.2, -0.15) is 0 Å². The van der Waals surface area contributed by atoms with E-state index in [1.165, 1.54) is 0 Å². The molecular formula is C17H17N3O2S2. The zero-order valence-corrected chi connectivity index (χ0v) is 14.5. The number of hydrogen-bond acceptors (Lipinski definition) is 4. The monoisotopic (exact) mass is 359 g/mol. The smallest absolute Gasteiger partial charge is 0.257 e. The van der Waals surface area contributed by atoms with Crippen LogP contribution < -0.4 is 20.7 Å². The third kappa shape index (κ3) is 4.81. The van der Waals surface area contributed by atoms with Crippen molar-refractivity contribution in [2.24, 2.45) is 0 Å². The number of ether oxygens (including phenoxy) is 2. The van der Waals surface area contributed by atoms with E-state index in [2.05, 4.69) is 16.0 Å². The molecule has 124 valence electrons. The molecule has 0 aliphatic carbocycles. The van der Waals surface area contributed by atoms with Gasteiger partial charge in [0.05, 0.1) is 6.54 Å². The first-order valence-corrected chi connectivity index (χ1v) is 8.31. The van der Waals surface area contributed by atoms with Crippen molar-refractivity contribution in [2.75, 3.05) is 23.8 Å². The average Bonchev–Trinajstić information content (AvgIpc) is 3.00. The number of rotatable bonds is 5. The Kier molecular flexibility index (Phi) is 5.45. The third-order valence-corrected chi connectivity index (χ3v) is 3.77. The van der Waals surface area contributed by atoms with E-state index in [1.807, 2.05) is 54.6 Å². The van der Waals surface area contributed by atoms with Gasteiger partial charge in [-0.3, -0.25) is 0 Å². The summed E-state index contributed by atoms with van der Waals surface area (Å²) in [5.74, 6) is 0.768. The van der Waals surface area contributed by atoms with Crippen LogP contribution in [0.4, 0.5) is 11.4 Å². The van der Waals surface area contributed by atoms with E-state index < -0.39 is 0 Å². The Hall–Kier alpha value is -2.38. The van der Waals surface area contributed by atoms with Crippen molar-refractivity contribution < 1.29 is 9.47 Å². The lowest BCUT2D eigenvalue weighted by Gasteiger charge is -2.13. The van der Waals surface area contributed by atoms with Gasteiger partial charge in [-0.05, 0) is 60.8 Å². The number of benzene rings is 2. The SMILES string of the molecule is S=C(Nc1ccccc1)Nc1ccc(OCC2CNC(=S)O2)cc1. The van der Waals surface area contributed by atoms with Gasteiger partial charge in [-0.1, -0.05) is 18.2 Å². The second-order valence-corrected chi connectivity index (χ2v) is 5.97. The summed E-state index contributed by atoms with van der Waals surface area (Å²) in [5.41, 5.74) is 1.83. The molecule has 5 nitrogen and oxygen atoms in total. The number of anilines is 2. The molecule has 1 saturated heterocycles. The van der Waals surface area contributed by atoms with Crippen LogP contribution >= 0.6 is 24.4 Å². The highest BCUT2D eigenvalue weighted by atomic mass is 32.1. The van der Waals surface area contributed by atoms with Crippen LogP contribution in [0.15, 0.2) is 54.6 Å². The maximum absolute atomic E-state index is 5.69. The van der Waals surface area contributed by atoms with E-state index in [0.717, 1.165) is 17.1 Å². The van der Waals surface area contributed by atoms with Gasteiger partial charge in [0.2, 0.25) is 0 Å². The standard InChI is InChI=1S/C17H17N3O2S2/c23-16(19-12-4-2-1-3-5-12)20-13-6-8-14(9-7-13)21-11-15-10-18-17(24)22-15/h1-9,15H,10-11H2,(H,18,24)(H2,19,20,23). The van der Waals surface area contributed by atoms with Gasteiger partial charge < -0.3 is 25.4 Å². The molecule has 0 bridgehead atoms. The Morgan fingerprint density at radius 1 is 1.08 bits per heavy atom. The molecule has 7 heteroatoms. The number of thiocarbonyl (C=S) groups is 2. The molecule has 1 heterocycles. The Balaban J connectivity index is 1.47. The maximum atomic E-state index is 5.69. The van der Waals surface area contributed by atoms with Crippen molar-refractivity contribution in [1.82, 2.24) is 5.32 Å². The van der Waals surface area contributed by atoms with E-state index in [9.17, 15) is 0 Å². The number of nitrogens with one attached hydrogen (secondary N) is 3. The van der Waals surface area contributed by atoms with Gasteiger partial charge in [0.25, 0.3) is 5.17 Å². The normalized spacial score (nSPS) is 16.0. The van der Waals surface area contributed by atoms with E-state index in [-0.39, 0.29) is 6.10 Å². The van der Waals surface area contributed by atoms with Crippen molar-refractivity contribution in [1.29, 1.82) is 0 Å². The molecule has 0 amide bonds. The maximum Gasteiger partial charge on any atom is 0.257 e. The van der Waals surface area contributed by atoms with Crippen molar-refractivity contribution in [3.63, 3.8) is 0 Å². The molecule has 1 aliphatic heterocycles. The first kappa shape index (κ1) is 16.5. The highest BCUT2D eigenvalue weighted by Crippen LogP contribution is 2.17. The highest BCUT2D eigenvalue weighted by Gasteiger charge is 2.20. The predicted octanol–water partition coefficient (Wildman–Crippen LogP) is 3.15. The van der Waals surface area contributed by atoms with Gasteiger partial charge in [-0.15, -0.1) is 0 Å². The van der Waals surface area contributed by atoms with Gasteiger partial charge in [0, 0.05) is 11.4 Å². The van der Waals surface area contributed by atoms with Crippen LogP contribution in [-0.4, -0.2) is 29.5 Å². The Morgan fingerprint density at radius 2 is 1.75 bits per heavy atom. The zero-order valence-electron chi connectivity index (χ0n) is 12.8. The van der Waals surface area contributed by atoms with Crippen LogP contribution in [0.1, 0.15) is 0 Å². The number of para-hydroxylation sites is 1. The van der Waals surface area contributed by atoms with Crippen LogP contribution in [0.2, 0.25) is 0 Å². The fraction of sp³-hybridized carbons (Fsp3) is 0.176. The Morgan fingerprint density at radius 3 is 2.38 bits per heavy atom. The summed E-state index contributed by atoms with van der Waals surface area (Å²) in [4.78, 5) is 0. The largest absolute Gasteiger partial charge is 0.490 e. The lowest BCUT2D eigenvalue weighted by Crippen LogP contribution is -2.22. The molecule has 3 rings (SSSR count). The first-order valence-electron chi connectivity index (χ1n) is 7.49. The Bertz CT molecular complexity index is 708. The molecule has 2 aromatic carbocycles. The molecule has 2 aromatic rings. The fourth-order valence-corrected chi connectivity index (χ4v) is 2.62. The van der Waals surface area contributed by atoms with Crippen LogP contribution in [0, 0.1) is 0 Å². The van der Waals surface area contributed by atoms with Gasteiger partial charge in [0.15, 0.2) is 11.2 Å². The fourth-order valence-electron chi connectivity index (χ4n) is 2.16. The molecule has 1 unspecified atom stereocenters. The van der Waals surface area contributed by atoms with E-state index >= 15 is 0 Å². The van der Waals surface area contributed by atoms with Gasteiger partial charge >= 0.3 is 0 Å². The summed E-state index contributed by atoms with van der Waals surface area (Å²) in [6.45, 7) is 1.13. The van der Waals surface area contributed by atoms with Crippen molar-refractivity contribution >= 4 is 46.1 Å². The van der Waals surface area contributed by atoms with Crippen LogP contribution in [0.3, 0.4) is 0 Å². The highest BCUT2D eigenvalue weighted by molar-refractivity contribution is 7.80. The molecule has 24 heavy (non-hydrogen) atoms. The minimum Gasteiger partial charge on any atom is -0.490 e. The minimum atomic E-state index is -0.0436. The predicted molar refractivity (Wildman–Crippen MR) is 104 cm³/mol. The van der Waals surface area contributed by atoms with E-state index in [0.29, 0.717) is 23.4 Å². The molecule has 0 spiro atoms. The summed E-state index contributed by atoms with van der Waals surface area (Å²) in [7, 11) is 0. The molecule has 0 radical (unpaired) electrons. The molecule has 1 atom stereocenters. The summed E-state index contributed by atoms with van der Waals surface area (Å²) >= 11 is 10.2. The molecule has 1 aliphatic rings. The molecule has 1 fully saturated rings. The van der Waals surface area contributed by atoms with Crippen LogP contribution in [-0.2, 0) is 4.74 Å². The van der Waals surface area contributed by atoms with Gasteiger partial charge in [-0.25, -0.2) is 0 Å². The molecule has 0 saturated carbocycles. The van der Waals surface area contributed by atoms with Crippen molar-refractivity contribution in [3.8, 4) is 5.75 Å². The quantitative estimate of drug-likeness (QED) is 0.709. The van der Waals surface area contributed by atoms with E-state index in [1.54, 1.807) is 0 Å². The van der Waals surface area contributed by atoms with Crippen molar-refractivity contribution in [3.05, 3.63) is 54.6 Å². The lowest BCUT2D eigenvalue weighted by atomic mass is 10.3. The minimum absolute atomic E-state index is 0.0436. The van der Waals surface area contributed by atoms with Gasteiger partial charge in [0.1, 0.15) is 12.4 Å². The second kappa shape index (κ2) is 7.94. The summed E-state index contributed by atoms with van der Waals surface area (Å²) < 4.78 is 11.1. The summed E-state index contributed by atoms with van der Waals surface area (Å²) in [6.07, 6.45) is -0.0436. The number of hydrogen-bond donors (Lipinski definition) is 3. The third-order valence-electron chi connectivity index (χ3n) is 3.33. The average molecular weight is 359 g/mol. The topological polar surface area (TPSA) is 54.5 Å². The zero-order chi connectivity index (χ0) is 16.8. The first-order chi connectivity index (χ1) is 11.7. The van der Waals surface area contributed by atoms with E-state index in [4.69, 9.17) is 33.9 Å². The molecule has 3 N–H and O–H groups in total. The van der Waals surface area contributed by atoms with Crippen LogP contribution in [0.25, 0.3) is 0 Å². The summed E-state index contributed by atoms with van der Waals surface area (Å²) in [6, 6.07) is 17.4. The lowest BCUT2D eigenvalue weighted by molar-refractivity contribution is 0.150. The summed E-state index contributed by atoms with van der Waals surface area (Å²) in [5, 5.41) is 10.2. The Labute approximate surface area is 151 Å². The molecular weight excluding hydrogens is 342 g/mol. The van der Waals surface area contributed by atoms with Crippen LogP contribution in [0.5, 0.6) is 5.75 Å².